The topological polar surface area (TPSA) is 65.7 Å². The minimum absolute atomic E-state index is 0.275. The third-order valence-electron chi connectivity index (χ3n) is 2.35. The second-order valence-electron chi connectivity index (χ2n) is 3.70. The lowest BCUT2D eigenvalue weighted by Crippen LogP contribution is -2.08. The maximum atomic E-state index is 7.13. The molecule has 0 bridgehead atoms. The molecule has 0 fully saturated rings. The van der Waals surface area contributed by atoms with E-state index in [0.29, 0.717) is 6.42 Å². The van der Waals surface area contributed by atoms with Crippen molar-refractivity contribution < 1.29 is 0 Å². The lowest BCUT2D eigenvalue weighted by molar-refractivity contribution is 0.986. The molecule has 0 amide bonds. The van der Waals surface area contributed by atoms with Gasteiger partial charge < -0.3 is 10.7 Å². The molecule has 4 heteroatoms. The maximum Gasteiger partial charge on any atom is 0.0905 e. The number of amidine groups is 1. The molecule has 4 N–H and O–H groups in total. The maximum absolute atomic E-state index is 7.13. The summed E-state index contributed by atoms with van der Waals surface area (Å²) in [5.74, 6) is 1.27. The first kappa shape index (κ1) is 11.1. The van der Waals surface area contributed by atoms with Crippen LogP contribution < -0.4 is 5.73 Å². The second-order valence-corrected chi connectivity index (χ2v) is 4.83. The van der Waals surface area contributed by atoms with Crippen molar-refractivity contribution in [1.29, 1.82) is 5.41 Å². The number of hydrogen-bond donors (Lipinski definition) is 3. The summed E-state index contributed by atoms with van der Waals surface area (Å²) in [7, 11) is 0. The van der Waals surface area contributed by atoms with Crippen molar-refractivity contribution in [2.45, 2.75) is 17.9 Å². The van der Waals surface area contributed by atoms with Gasteiger partial charge in [0.2, 0.25) is 0 Å². The fourth-order valence-electron chi connectivity index (χ4n) is 1.57. The van der Waals surface area contributed by atoms with E-state index in [0.717, 1.165) is 12.2 Å². The molecule has 0 aliphatic rings. The van der Waals surface area contributed by atoms with E-state index in [-0.39, 0.29) is 5.84 Å². The molecule has 0 aliphatic heterocycles. The molecule has 0 unspecified atom stereocenters. The summed E-state index contributed by atoms with van der Waals surface area (Å²) in [5, 5.41) is 9.56. The SMILES string of the molecule is N=C(N)CCCSc1cc2ccccc2[nH]1. The molecule has 0 saturated heterocycles. The highest BCUT2D eigenvalue weighted by Gasteiger charge is 2.00. The van der Waals surface area contributed by atoms with Crippen molar-refractivity contribution >= 4 is 28.5 Å². The summed E-state index contributed by atoms with van der Waals surface area (Å²) in [5.41, 5.74) is 6.48. The van der Waals surface area contributed by atoms with Crippen LogP contribution in [0.3, 0.4) is 0 Å². The molecule has 1 aromatic heterocycles. The summed E-state index contributed by atoms with van der Waals surface area (Å²) in [6.45, 7) is 0. The lowest BCUT2D eigenvalue weighted by atomic mass is 10.3. The van der Waals surface area contributed by atoms with Gasteiger partial charge in [-0.05, 0) is 24.3 Å². The largest absolute Gasteiger partial charge is 0.388 e. The van der Waals surface area contributed by atoms with Gasteiger partial charge in [-0.3, -0.25) is 5.41 Å². The molecule has 0 spiro atoms. The van der Waals surface area contributed by atoms with Crippen LogP contribution in [-0.4, -0.2) is 16.6 Å². The highest BCUT2D eigenvalue weighted by molar-refractivity contribution is 7.99. The van der Waals surface area contributed by atoms with E-state index in [1.54, 1.807) is 11.8 Å². The molecule has 0 aliphatic carbocycles. The number of rotatable bonds is 5. The van der Waals surface area contributed by atoms with Crippen LogP contribution in [0.4, 0.5) is 0 Å². The van der Waals surface area contributed by atoms with Crippen molar-refractivity contribution in [2.24, 2.45) is 5.73 Å². The Morgan fingerprint density at radius 3 is 2.94 bits per heavy atom. The Morgan fingerprint density at radius 2 is 2.19 bits per heavy atom. The van der Waals surface area contributed by atoms with Crippen LogP contribution in [0, 0.1) is 5.41 Å². The fourth-order valence-corrected chi connectivity index (χ4v) is 2.47. The zero-order valence-electron chi connectivity index (χ0n) is 8.99. The number of hydrogen-bond acceptors (Lipinski definition) is 2. The highest BCUT2D eigenvalue weighted by Crippen LogP contribution is 2.23. The quantitative estimate of drug-likeness (QED) is 0.322. The average molecular weight is 233 g/mol. The minimum atomic E-state index is 0.275. The number of thioether (sulfide) groups is 1. The van der Waals surface area contributed by atoms with Gasteiger partial charge in [0.05, 0.1) is 10.9 Å². The van der Waals surface area contributed by atoms with Crippen molar-refractivity contribution in [1.82, 2.24) is 4.98 Å². The minimum Gasteiger partial charge on any atom is -0.388 e. The van der Waals surface area contributed by atoms with E-state index in [2.05, 4.69) is 23.2 Å². The number of aromatic amines is 1. The van der Waals surface area contributed by atoms with Gasteiger partial charge in [-0.25, -0.2) is 0 Å². The molecule has 2 aromatic rings. The Morgan fingerprint density at radius 1 is 1.38 bits per heavy atom. The molecule has 0 atom stereocenters. The Balaban J connectivity index is 1.92. The Kier molecular flexibility index (Phi) is 3.51. The number of aromatic nitrogens is 1. The Bertz CT molecular complexity index is 457. The van der Waals surface area contributed by atoms with Crippen molar-refractivity contribution in [3.05, 3.63) is 30.3 Å². The van der Waals surface area contributed by atoms with Crippen LogP contribution in [0.15, 0.2) is 35.4 Å². The van der Waals surface area contributed by atoms with Crippen molar-refractivity contribution in [3.63, 3.8) is 0 Å². The van der Waals surface area contributed by atoms with Gasteiger partial charge in [0.25, 0.3) is 0 Å². The summed E-state index contributed by atoms with van der Waals surface area (Å²) < 4.78 is 0. The van der Waals surface area contributed by atoms with Crippen LogP contribution >= 0.6 is 11.8 Å². The van der Waals surface area contributed by atoms with Crippen LogP contribution in [-0.2, 0) is 0 Å². The third kappa shape index (κ3) is 2.79. The number of fused-ring (bicyclic) bond motifs is 1. The number of para-hydroxylation sites is 1. The molecule has 0 radical (unpaired) electrons. The molecule has 1 heterocycles. The van der Waals surface area contributed by atoms with Crippen molar-refractivity contribution in [3.8, 4) is 0 Å². The monoisotopic (exact) mass is 233 g/mol. The first-order valence-corrected chi connectivity index (χ1v) is 6.28. The molecule has 3 nitrogen and oxygen atoms in total. The average Bonchev–Trinajstić information content (AvgIpc) is 2.66. The number of benzene rings is 1. The zero-order chi connectivity index (χ0) is 11.4. The number of nitrogens with one attached hydrogen (secondary N) is 2. The zero-order valence-corrected chi connectivity index (χ0v) is 9.81. The summed E-state index contributed by atoms with van der Waals surface area (Å²) >= 11 is 1.78. The summed E-state index contributed by atoms with van der Waals surface area (Å²) in [6, 6.07) is 10.4. The van der Waals surface area contributed by atoms with Crippen LogP contribution in [0.5, 0.6) is 0 Å². The van der Waals surface area contributed by atoms with Gasteiger partial charge >= 0.3 is 0 Å². The Hall–Kier alpha value is -1.42. The smallest absolute Gasteiger partial charge is 0.0905 e. The second kappa shape index (κ2) is 5.07. The molecule has 2 rings (SSSR count). The highest BCUT2D eigenvalue weighted by atomic mass is 32.2. The van der Waals surface area contributed by atoms with E-state index in [9.17, 15) is 0 Å². The molecular weight excluding hydrogens is 218 g/mol. The molecule has 16 heavy (non-hydrogen) atoms. The van der Waals surface area contributed by atoms with E-state index < -0.39 is 0 Å². The first-order chi connectivity index (χ1) is 7.75. The molecular formula is C12H15N3S. The van der Waals surface area contributed by atoms with Crippen LogP contribution in [0.25, 0.3) is 10.9 Å². The standard InChI is InChI=1S/C12H15N3S/c13-11(14)6-3-7-16-12-8-9-4-1-2-5-10(9)15-12/h1-2,4-5,8,15H,3,6-7H2,(H3,13,14). The normalized spacial score (nSPS) is 10.8. The summed E-state index contributed by atoms with van der Waals surface area (Å²) in [4.78, 5) is 3.36. The third-order valence-corrected chi connectivity index (χ3v) is 3.38. The van der Waals surface area contributed by atoms with Gasteiger partial charge in [-0.15, -0.1) is 11.8 Å². The van der Waals surface area contributed by atoms with Gasteiger partial charge in [0.15, 0.2) is 0 Å². The predicted molar refractivity (Wildman–Crippen MR) is 70.2 cm³/mol. The van der Waals surface area contributed by atoms with Gasteiger partial charge in [0, 0.05) is 17.3 Å². The van der Waals surface area contributed by atoms with Crippen LogP contribution in [0.1, 0.15) is 12.8 Å². The fraction of sp³-hybridized carbons (Fsp3) is 0.250. The molecule has 1 aromatic carbocycles. The number of nitrogens with two attached hydrogens (primary N) is 1. The molecule has 0 saturated carbocycles. The Labute approximate surface area is 98.9 Å². The van der Waals surface area contributed by atoms with Gasteiger partial charge in [-0.1, -0.05) is 18.2 Å². The van der Waals surface area contributed by atoms with E-state index in [4.69, 9.17) is 11.1 Å². The number of H-pyrrole nitrogens is 1. The lowest BCUT2D eigenvalue weighted by Gasteiger charge is -1.97. The van der Waals surface area contributed by atoms with Gasteiger partial charge in [0.1, 0.15) is 0 Å². The summed E-state index contributed by atoms with van der Waals surface area (Å²) in [6.07, 6.45) is 1.64. The van der Waals surface area contributed by atoms with E-state index >= 15 is 0 Å². The van der Waals surface area contributed by atoms with Crippen LogP contribution in [0.2, 0.25) is 0 Å². The first-order valence-electron chi connectivity index (χ1n) is 5.29. The predicted octanol–water partition coefficient (Wildman–Crippen LogP) is 2.98. The van der Waals surface area contributed by atoms with E-state index in [1.165, 1.54) is 15.9 Å². The van der Waals surface area contributed by atoms with Crippen molar-refractivity contribution in [2.75, 3.05) is 5.75 Å². The van der Waals surface area contributed by atoms with E-state index in [1.807, 2.05) is 12.1 Å². The molecule has 84 valence electrons. The van der Waals surface area contributed by atoms with Gasteiger partial charge in [-0.2, -0.15) is 0 Å².